The van der Waals surface area contributed by atoms with Crippen LogP contribution in [0.1, 0.15) is 11.1 Å². The van der Waals surface area contributed by atoms with Crippen molar-refractivity contribution in [3.8, 4) is 0 Å². The number of pyridine rings is 2. The van der Waals surface area contributed by atoms with E-state index in [1.54, 1.807) is 6.20 Å². The number of aromatic nitrogens is 3. The molecule has 0 radical (unpaired) electrons. The highest BCUT2D eigenvalue weighted by atomic mass is 15.0. The van der Waals surface area contributed by atoms with Gasteiger partial charge in [0.05, 0.1) is 0 Å². The molecule has 0 saturated carbocycles. The molecule has 0 unspecified atom stereocenters. The maximum Gasteiger partial charge on any atom is 0.140 e. The average Bonchev–Trinajstić information content (AvgIpc) is 2.85. The second-order valence-electron chi connectivity index (χ2n) is 4.86. The second kappa shape index (κ2) is 5.84. The Labute approximate surface area is 118 Å². The summed E-state index contributed by atoms with van der Waals surface area (Å²) in [5.74, 6) is 0. The molecular formula is C16H18N4. The predicted octanol–water partition coefficient (Wildman–Crippen LogP) is 2.39. The average molecular weight is 266 g/mol. The standard InChI is InChI=1S/C16H18N4/c1-17-11-14-12-20(16-15(14)5-3-8-19-16)9-6-13-4-2-7-18-10-13/h2-5,7-8,10,12,17H,6,9,11H2,1H3. The third-order valence-electron chi connectivity index (χ3n) is 3.45. The molecule has 0 spiro atoms. The van der Waals surface area contributed by atoms with Gasteiger partial charge in [-0.1, -0.05) is 6.07 Å². The lowest BCUT2D eigenvalue weighted by Crippen LogP contribution is -2.04. The van der Waals surface area contributed by atoms with Crippen LogP contribution in [0.15, 0.2) is 49.1 Å². The highest BCUT2D eigenvalue weighted by Crippen LogP contribution is 2.19. The molecule has 0 aliphatic heterocycles. The first-order valence-electron chi connectivity index (χ1n) is 6.84. The minimum Gasteiger partial charge on any atom is -0.332 e. The zero-order valence-electron chi connectivity index (χ0n) is 11.6. The Bertz CT molecular complexity index is 688. The molecule has 0 aromatic carbocycles. The van der Waals surface area contributed by atoms with Crippen LogP contribution in [0.4, 0.5) is 0 Å². The fraction of sp³-hybridized carbons (Fsp3) is 0.250. The molecule has 0 aliphatic carbocycles. The molecule has 4 heteroatoms. The second-order valence-corrected chi connectivity index (χ2v) is 4.86. The SMILES string of the molecule is CNCc1cn(CCc2cccnc2)c2ncccc12. The highest BCUT2D eigenvalue weighted by molar-refractivity contribution is 5.80. The van der Waals surface area contributed by atoms with Gasteiger partial charge in [0.15, 0.2) is 0 Å². The number of aryl methyl sites for hydroxylation is 2. The molecule has 0 aliphatic rings. The molecular weight excluding hydrogens is 248 g/mol. The first kappa shape index (κ1) is 12.8. The summed E-state index contributed by atoms with van der Waals surface area (Å²) < 4.78 is 2.23. The topological polar surface area (TPSA) is 42.7 Å². The van der Waals surface area contributed by atoms with Crippen LogP contribution in [-0.4, -0.2) is 21.6 Å². The summed E-state index contributed by atoms with van der Waals surface area (Å²) in [6, 6.07) is 8.22. The minimum absolute atomic E-state index is 0.863. The summed E-state index contributed by atoms with van der Waals surface area (Å²) >= 11 is 0. The molecule has 3 rings (SSSR count). The lowest BCUT2D eigenvalue weighted by atomic mass is 10.2. The molecule has 3 aromatic rings. The smallest absolute Gasteiger partial charge is 0.140 e. The molecule has 20 heavy (non-hydrogen) atoms. The van der Waals surface area contributed by atoms with E-state index in [-0.39, 0.29) is 0 Å². The van der Waals surface area contributed by atoms with E-state index in [1.807, 2.05) is 31.6 Å². The van der Waals surface area contributed by atoms with Crippen LogP contribution in [0.5, 0.6) is 0 Å². The summed E-state index contributed by atoms with van der Waals surface area (Å²) in [4.78, 5) is 8.67. The Morgan fingerprint density at radius 3 is 2.90 bits per heavy atom. The van der Waals surface area contributed by atoms with Gasteiger partial charge in [-0.2, -0.15) is 0 Å². The van der Waals surface area contributed by atoms with Crippen LogP contribution < -0.4 is 5.32 Å². The van der Waals surface area contributed by atoms with Gasteiger partial charge in [0.2, 0.25) is 0 Å². The van der Waals surface area contributed by atoms with E-state index < -0.39 is 0 Å². The highest BCUT2D eigenvalue weighted by Gasteiger charge is 2.08. The van der Waals surface area contributed by atoms with Gasteiger partial charge in [-0.15, -0.1) is 0 Å². The molecule has 4 nitrogen and oxygen atoms in total. The first-order valence-corrected chi connectivity index (χ1v) is 6.84. The van der Waals surface area contributed by atoms with Crippen LogP contribution in [0, 0.1) is 0 Å². The van der Waals surface area contributed by atoms with E-state index in [0.717, 1.165) is 25.2 Å². The summed E-state index contributed by atoms with van der Waals surface area (Å²) in [5.41, 5.74) is 3.60. The lowest BCUT2D eigenvalue weighted by Gasteiger charge is -2.04. The lowest BCUT2D eigenvalue weighted by molar-refractivity contribution is 0.708. The third kappa shape index (κ3) is 2.56. The van der Waals surface area contributed by atoms with Crippen molar-refractivity contribution in [3.63, 3.8) is 0 Å². The number of nitrogens with zero attached hydrogens (tertiary/aromatic N) is 3. The van der Waals surface area contributed by atoms with Crippen LogP contribution in [0.3, 0.4) is 0 Å². The van der Waals surface area contributed by atoms with Gasteiger partial charge in [-0.25, -0.2) is 4.98 Å². The third-order valence-corrected chi connectivity index (χ3v) is 3.45. The number of hydrogen-bond donors (Lipinski definition) is 1. The van der Waals surface area contributed by atoms with Crippen molar-refractivity contribution < 1.29 is 0 Å². The maximum absolute atomic E-state index is 4.52. The van der Waals surface area contributed by atoms with Crippen molar-refractivity contribution in [1.82, 2.24) is 19.9 Å². The van der Waals surface area contributed by atoms with Gasteiger partial charge in [0, 0.05) is 43.3 Å². The minimum atomic E-state index is 0.863. The van der Waals surface area contributed by atoms with Crippen LogP contribution in [0.2, 0.25) is 0 Å². The van der Waals surface area contributed by atoms with Crippen LogP contribution >= 0.6 is 0 Å². The summed E-state index contributed by atoms with van der Waals surface area (Å²) in [6.07, 6.45) is 8.75. The zero-order valence-corrected chi connectivity index (χ0v) is 11.6. The van der Waals surface area contributed by atoms with E-state index in [1.165, 1.54) is 16.5 Å². The van der Waals surface area contributed by atoms with Crippen LogP contribution in [-0.2, 0) is 19.5 Å². The number of fused-ring (bicyclic) bond motifs is 1. The number of nitrogens with one attached hydrogen (secondary N) is 1. The van der Waals surface area contributed by atoms with E-state index in [9.17, 15) is 0 Å². The van der Waals surface area contributed by atoms with E-state index in [2.05, 4.69) is 38.2 Å². The van der Waals surface area contributed by atoms with Gasteiger partial charge in [0.25, 0.3) is 0 Å². The molecule has 3 aromatic heterocycles. The van der Waals surface area contributed by atoms with Crippen molar-refractivity contribution in [1.29, 1.82) is 0 Å². The van der Waals surface area contributed by atoms with Gasteiger partial charge < -0.3 is 9.88 Å². The number of hydrogen-bond acceptors (Lipinski definition) is 3. The van der Waals surface area contributed by atoms with Crippen molar-refractivity contribution >= 4 is 11.0 Å². The Balaban J connectivity index is 1.87. The molecule has 0 fully saturated rings. The molecule has 1 N–H and O–H groups in total. The normalized spacial score (nSPS) is 11.1. The van der Waals surface area contributed by atoms with Gasteiger partial charge >= 0.3 is 0 Å². The first-order chi connectivity index (χ1) is 9.88. The Hall–Kier alpha value is -2.20. The maximum atomic E-state index is 4.52. The van der Waals surface area contributed by atoms with Crippen molar-refractivity contribution in [2.45, 2.75) is 19.5 Å². The van der Waals surface area contributed by atoms with Gasteiger partial charge in [0.1, 0.15) is 5.65 Å². The monoisotopic (exact) mass is 266 g/mol. The molecule has 0 amide bonds. The fourth-order valence-electron chi connectivity index (χ4n) is 2.49. The molecule has 0 atom stereocenters. The van der Waals surface area contributed by atoms with E-state index in [4.69, 9.17) is 0 Å². The van der Waals surface area contributed by atoms with Gasteiger partial charge in [-0.05, 0) is 42.8 Å². The molecule has 0 saturated heterocycles. The number of rotatable bonds is 5. The van der Waals surface area contributed by atoms with Gasteiger partial charge in [-0.3, -0.25) is 4.98 Å². The van der Waals surface area contributed by atoms with E-state index >= 15 is 0 Å². The zero-order chi connectivity index (χ0) is 13.8. The summed E-state index contributed by atoms with van der Waals surface area (Å²) in [7, 11) is 1.97. The summed E-state index contributed by atoms with van der Waals surface area (Å²) in [5, 5.41) is 4.44. The quantitative estimate of drug-likeness (QED) is 0.771. The van der Waals surface area contributed by atoms with Crippen molar-refractivity contribution in [2.24, 2.45) is 0 Å². The molecule has 3 heterocycles. The van der Waals surface area contributed by atoms with Crippen LogP contribution in [0.25, 0.3) is 11.0 Å². The van der Waals surface area contributed by atoms with Crippen molar-refractivity contribution in [3.05, 3.63) is 60.2 Å². The summed E-state index contributed by atoms with van der Waals surface area (Å²) in [6.45, 7) is 1.78. The Morgan fingerprint density at radius 2 is 2.10 bits per heavy atom. The fourth-order valence-corrected chi connectivity index (χ4v) is 2.49. The molecule has 0 bridgehead atoms. The van der Waals surface area contributed by atoms with Crippen molar-refractivity contribution in [2.75, 3.05) is 7.05 Å². The Kier molecular flexibility index (Phi) is 3.74. The predicted molar refractivity (Wildman–Crippen MR) is 80.4 cm³/mol. The largest absolute Gasteiger partial charge is 0.332 e. The Morgan fingerprint density at radius 1 is 1.20 bits per heavy atom. The molecule has 102 valence electrons. The van der Waals surface area contributed by atoms with E-state index in [0.29, 0.717) is 0 Å².